The molecule has 0 N–H and O–H groups in total. The third kappa shape index (κ3) is 3.82. The second-order valence-electron chi connectivity index (χ2n) is 9.10. The molecular weight excluding hydrogens is 388 g/mol. The van der Waals surface area contributed by atoms with Gasteiger partial charge in [-0.15, -0.1) is 0 Å². The van der Waals surface area contributed by atoms with Crippen LogP contribution in [0, 0.1) is 6.92 Å². The van der Waals surface area contributed by atoms with Crippen LogP contribution in [0.3, 0.4) is 0 Å². The summed E-state index contributed by atoms with van der Waals surface area (Å²) in [6.45, 7) is 3.69. The summed E-state index contributed by atoms with van der Waals surface area (Å²) >= 11 is 0. The lowest BCUT2D eigenvalue weighted by molar-refractivity contribution is -0.119. The first kappa shape index (κ1) is 20.4. The molecule has 0 bridgehead atoms. The van der Waals surface area contributed by atoms with Crippen molar-refractivity contribution in [3.63, 3.8) is 0 Å². The van der Waals surface area contributed by atoms with E-state index in [2.05, 4.69) is 11.8 Å². The maximum Gasteiger partial charge on any atom is 0.228 e. The van der Waals surface area contributed by atoms with E-state index < -0.39 is 0 Å². The molecule has 6 heteroatoms. The summed E-state index contributed by atoms with van der Waals surface area (Å²) in [4.78, 5) is 27.5. The Morgan fingerprint density at radius 2 is 1.87 bits per heavy atom. The number of ether oxygens (including phenoxy) is 1. The molecule has 1 saturated heterocycles. The van der Waals surface area contributed by atoms with Crippen LogP contribution in [0.4, 0.5) is 5.82 Å². The van der Waals surface area contributed by atoms with Crippen LogP contribution in [0.1, 0.15) is 73.6 Å². The van der Waals surface area contributed by atoms with Gasteiger partial charge in [-0.1, -0.05) is 31.0 Å². The normalized spacial score (nSPS) is 22.2. The number of benzene rings is 1. The summed E-state index contributed by atoms with van der Waals surface area (Å²) in [7, 11) is 1.67. The molecule has 1 unspecified atom stereocenters. The first-order chi connectivity index (χ1) is 15.2. The van der Waals surface area contributed by atoms with Crippen molar-refractivity contribution in [2.75, 3.05) is 18.6 Å². The standard InChI is InChI=1S/C25H32N4O2/c1-17-20-13-14-23(30)29(16-18-8-3-6-12-22(18)31-2)25(20)27-24(26-17)21-11-7-15-28(21)19-9-4-5-10-19/h3,6,8,12,19,21H,4-5,7,9-11,13-16H2,1-2H3. The fourth-order valence-corrected chi connectivity index (χ4v) is 5.66. The van der Waals surface area contributed by atoms with Crippen molar-refractivity contribution in [3.8, 4) is 5.75 Å². The number of aryl methyl sites for hydroxylation is 1. The number of carbonyl (C=O) groups excluding carboxylic acids is 1. The van der Waals surface area contributed by atoms with E-state index in [4.69, 9.17) is 14.7 Å². The Morgan fingerprint density at radius 3 is 2.68 bits per heavy atom. The number of hydrogen-bond donors (Lipinski definition) is 0. The van der Waals surface area contributed by atoms with Crippen LogP contribution in [-0.4, -0.2) is 40.5 Å². The molecule has 31 heavy (non-hydrogen) atoms. The first-order valence-corrected chi connectivity index (χ1v) is 11.7. The van der Waals surface area contributed by atoms with E-state index in [9.17, 15) is 4.79 Å². The molecule has 1 aromatic carbocycles. The van der Waals surface area contributed by atoms with Crippen LogP contribution in [0.15, 0.2) is 24.3 Å². The minimum atomic E-state index is 0.126. The Morgan fingerprint density at radius 1 is 1.06 bits per heavy atom. The van der Waals surface area contributed by atoms with E-state index in [-0.39, 0.29) is 11.9 Å². The predicted octanol–water partition coefficient (Wildman–Crippen LogP) is 4.35. The summed E-state index contributed by atoms with van der Waals surface area (Å²) < 4.78 is 5.53. The molecule has 1 aromatic heterocycles. The van der Waals surface area contributed by atoms with Crippen molar-refractivity contribution in [1.29, 1.82) is 0 Å². The highest BCUT2D eigenvalue weighted by atomic mass is 16.5. The Balaban J connectivity index is 1.50. The van der Waals surface area contributed by atoms with Crippen molar-refractivity contribution >= 4 is 11.7 Å². The highest BCUT2D eigenvalue weighted by molar-refractivity contribution is 5.95. The van der Waals surface area contributed by atoms with Crippen LogP contribution in [0.5, 0.6) is 5.75 Å². The van der Waals surface area contributed by atoms with Gasteiger partial charge in [0, 0.05) is 29.3 Å². The molecule has 2 aromatic rings. The van der Waals surface area contributed by atoms with E-state index in [1.807, 2.05) is 29.2 Å². The number of para-hydroxylation sites is 1. The Hall–Kier alpha value is -2.47. The van der Waals surface area contributed by atoms with E-state index >= 15 is 0 Å². The minimum Gasteiger partial charge on any atom is -0.496 e. The number of anilines is 1. The maximum absolute atomic E-state index is 13.0. The van der Waals surface area contributed by atoms with Gasteiger partial charge in [0.15, 0.2) is 0 Å². The lowest BCUT2D eigenvalue weighted by atomic mass is 10.0. The van der Waals surface area contributed by atoms with Crippen LogP contribution < -0.4 is 9.64 Å². The summed E-state index contributed by atoms with van der Waals surface area (Å²) in [5.41, 5.74) is 3.14. The molecule has 0 radical (unpaired) electrons. The molecule has 2 fully saturated rings. The number of methoxy groups -OCH3 is 1. The molecule has 164 valence electrons. The van der Waals surface area contributed by atoms with Crippen molar-refractivity contribution in [2.24, 2.45) is 0 Å². The average molecular weight is 421 g/mol. The Kier molecular flexibility index (Phi) is 5.65. The van der Waals surface area contributed by atoms with E-state index in [1.165, 1.54) is 32.1 Å². The number of amides is 1. The SMILES string of the molecule is COc1ccccc1CN1C(=O)CCc2c(C)nc(C3CCCN3C3CCCC3)nc21. The molecule has 3 aliphatic rings. The van der Waals surface area contributed by atoms with E-state index in [0.29, 0.717) is 19.0 Å². The third-order valence-corrected chi connectivity index (χ3v) is 7.26. The average Bonchev–Trinajstić information content (AvgIpc) is 3.47. The summed E-state index contributed by atoms with van der Waals surface area (Å²) in [6.07, 6.45) is 8.78. The van der Waals surface area contributed by atoms with Gasteiger partial charge in [0.25, 0.3) is 0 Å². The topological polar surface area (TPSA) is 58.6 Å². The number of hydrogen-bond acceptors (Lipinski definition) is 5. The molecule has 1 aliphatic carbocycles. The van der Waals surface area contributed by atoms with Crippen molar-refractivity contribution in [1.82, 2.24) is 14.9 Å². The number of nitrogens with zero attached hydrogens (tertiary/aromatic N) is 4. The molecule has 3 heterocycles. The Bertz CT molecular complexity index is 970. The zero-order chi connectivity index (χ0) is 21.4. The van der Waals surface area contributed by atoms with Crippen LogP contribution in [0.2, 0.25) is 0 Å². The van der Waals surface area contributed by atoms with Gasteiger partial charge >= 0.3 is 0 Å². The highest BCUT2D eigenvalue weighted by Crippen LogP contribution is 2.39. The van der Waals surface area contributed by atoms with E-state index in [0.717, 1.165) is 53.6 Å². The monoisotopic (exact) mass is 420 g/mol. The zero-order valence-electron chi connectivity index (χ0n) is 18.6. The van der Waals surface area contributed by atoms with Gasteiger partial charge in [-0.05, 0) is 51.6 Å². The van der Waals surface area contributed by atoms with Gasteiger partial charge in [0.1, 0.15) is 17.4 Å². The minimum absolute atomic E-state index is 0.126. The van der Waals surface area contributed by atoms with Gasteiger partial charge in [0.05, 0.1) is 19.7 Å². The molecule has 0 spiro atoms. The molecule has 6 nitrogen and oxygen atoms in total. The van der Waals surface area contributed by atoms with Crippen molar-refractivity contribution in [3.05, 3.63) is 46.9 Å². The molecule has 2 aliphatic heterocycles. The van der Waals surface area contributed by atoms with Crippen LogP contribution >= 0.6 is 0 Å². The number of aromatic nitrogens is 2. The molecule has 1 amide bonds. The second kappa shape index (κ2) is 8.58. The summed E-state index contributed by atoms with van der Waals surface area (Å²) in [6, 6.07) is 8.85. The van der Waals surface area contributed by atoms with Gasteiger partial charge in [-0.3, -0.25) is 14.6 Å². The lowest BCUT2D eigenvalue weighted by Gasteiger charge is -2.33. The van der Waals surface area contributed by atoms with Crippen LogP contribution in [0.25, 0.3) is 0 Å². The Labute approximate surface area is 184 Å². The van der Waals surface area contributed by atoms with Crippen LogP contribution in [-0.2, 0) is 17.8 Å². The van der Waals surface area contributed by atoms with Gasteiger partial charge < -0.3 is 4.74 Å². The summed E-state index contributed by atoms with van der Waals surface area (Å²) in [5.74, 6) is 2.64. The number of likely N-dealkylation sites (tertiary alicyclic amines) is 1. The van der Waals surface area contributed by atoms with Gasteiger partial charge in [-0.25, -0.2) is 9.97 Å². The third-order valence-electron chi connectivity index (χ3n) is 7.26. The van der Waals surface area contributed by atoms with E-state index in [1.54, 1.807) is 7.11 Å². The largest absolute Gasteiger partial charge is 0.496 e. The fourth-order valence-electron chi connectivity index (χ4n) is 5.66. The fraction of sp³-hybridized carbons (Fsp3) is 0.560. The summed E-state index contributed by atoms with van der Waals surface area (Å²) in [5, 5.41) is 0. The smallest absolute Gasteiger partial charge is 0.228 e. The van der Waals surface area contributed by atoms with Crippen molar-refractivity contribution < 1.29 is 9.53 Å². The maximum atomic E-state index is 13.0. The molecular formula is C25H32N4O2. The van der Waals surface area contributed by atoms with Crippen molar-refractivity contribution in [2.45, 2.75) is 76.9 Å². The number of carbonyl (C=O) groups is 1. The van der Waals surface area contributed by atoms with Gasteiger partial charge in [-0.2, -0.15) is 0 Å². The zero-order valence-corrected chi connectivity index (χ0v) is 18.6. The lowest BCUT2D eigenvalue weighted by Crippen LogP contribution is -2.38. The quantitative estimate of drug-likeness (QED) is 0.720. The van der Waals surface area contributed by atoms with Gasteiger partial charge in [0.2, 0.25) is 5.91 Å². The molecule has 1 saturated carbocycles. The second-order valence-corrected chi connectivity index (χ2v) is 9.10. The first-order valence-electron chi connectivity index (χ1n) is 11.7. The highest BCUT2D eigenvalue weighted by Gasteiger charge is 2.36. The number of fused-ring (bicyclic) bond motifs is 1. The molecule has 5 rings (SSSR count). The predicted molar refractivity (Wildman–Crippen MR) is 120 cm³/mol. The number of rotatable bonds is 5. The molecule has 1 atom stereocenters.